The minimum Gasteiger partial charge on any atom is -0.465 e. The van der Waals surface area contributed by atoms with Crippen LogP contribution in [0.4, 0.5) is 11.4 Å². The zero-order valence-electron chi connectivity index (χ0n) is 15.3. The molecule has 2 aromatic rings. The molecule has 0 spiro atoms. The summed E-state index contributed by atoms with van der Waals surface area (Å²) in [5, 5.41) is 3.06. The van der Waals surface area contributed by atoms with E-state index in [4.69, 9.17) is 23.2 Å². The lowest BCUT2D eigenvalue weighted by atomic mass is 10.2. The topological polar surface area (TPSA) is 92.8 Å². The number of carbonyl (C=O) groups is 2. The molecule has 0 radical (unpaired) electrons. The maximum Gasteiger partial charge on any atom is 0.337 e. The number of halogens is 2. The first kappa shape index (κ1) is 22.0. The fourth-order valence-electron chi connectivity index (χ4n) is 2.53. The van der Waals surface area contributed by atoms with Crippen LogP contribution < -0.4 is 9.62 Å². The van der Waals surface area contributed by atoms with Gasteiger partial charge in [-0.05, 0) is 43.3 Å². The van der Waals surface area contributed by atoms with E-state index in [0.717, 1.165) is 10.6 Å². The van der Waals surface area contributed by atoms with E-state index < -0.39 is 27.9 Å². The van der Waals surface area contributed by atoms with Gasteiger partial charge in [0.15, 0.2) is 0 Å². The van der Waals surface area contributed by atoms with E-state index in [2.05, 4.69) is 10.1 Å². The molecule has 10 heteroatoms. The van der Waals surface area contributed by atoms with E-state index in [1.165, 1.54) is 44.4 Å². The van der Waals surface area contributed by atoms with Crippen LogP contribution in [-0.2, 0) is 19.6 Å². The molecule has 1 amide bonds. The zero-order valence-corrected chi connectivity index (χ0v) is 17.6. The minimum absolute atomic E-state index is 0.154. The highest BCUT2D eigenvalue weighted by Gasteiger charge is 2.29. The number of esters is 1. The number of rotatable bonds is 6. The first-order valence-corrected chi connectivity index (χ1v) is 10.6. The number of nitrogens with zero attached hydrogens (tertiary/aromatic N) is 1. The van der Waals surface area contributed by atoms with Gasteiger partial charge in [0.25, 0.3) is 0 Å². The van der Waals surface area contributed by atoms with Crippen LogP contribution >= 0.6 is 23.2 Å². The van der Waals surface area contributed by atoms with E-state index in [-0.39, 0.29) is 22.0 Å². The zero-order chi connectivity index (χ0) is 21.1. The van der Waals surface area contributed by atoms with Gasteiger partial charge in [0.05, 0.1) is 35.3 Å². The lowest BCUT2D eigenvalue weighted by Gasteiger charge is -2.28. The fourth-order valence-corrected chi connectivity index (χ4v) is 4.04. The van der Waals surface area contributed by atoms with Crippen LogP contribution in [0.3, 0.4) is 0 Å². The van der Waals surface area contributed by atoms with Crippen LogP contribution in [-0.4, -0.2) is 39.7 Å². The van der Waals surface area contributed by atoms with E-state index in [1.54, 1.807) is 12.1 Å². The van der Waals surface area contributed by atoms with Gasteiger partial charge in [-0.2, -0.15) is 0 Å². The van der Waals surface area contributed by atoms with Crippen LogP contribution in [0.5, 0.6) is 0 Å². The summed E-state index contributed by atoms with van der Waals surface area (Å²) in [6.45, 7) is 1.43. The molecule has 1 N–H and O–H groups in total. The first-order valence-electron chi connectivity index (χ1n) is 7.98. The normalized spacial score (nSPS) is 12.2. The Kier molecular flexibility index (Phi) is 6.92. The number of ether oxygens (including phenoxy) is 1. The maximum absolute atomic E-state index is 12.7. The van der Waals surface area contributed by atoms with Crippen molar-refractivity contribution in [2.75, 3.05) is 23.0 Å². The maximum atomic E-state index is 12.7. The Labute approximate surface area is 173 Å². The number of carbonyl (C=O) groups excluding carboxylic acids is 2. The number of sulfonamides is 1. The highest BCUT2D eigenvalue weighted by molar-refractivity contribution is 7.92. The quantitative estimate of drug-likeness (QED) is 0.687. The Morgan fingerprint density at radius 3 is 2.39 bits per heavy atom. The lowest BCUT2D eigenvalue weighted by molar-refractivity contribution is -0.116. The monoisotopic (exact) mass is 444 g/mol. The second kappa shape index (κ2) is 8.81. The van der Waals surface area contributed by atoms with Gasteiger partial charge in [-0.3, -0.25) is 9.10 Å². The molecule has 2 aromatic carbocycles. The number of hydrogen-bond donors (Lipinski definition) is 1. The summed E-state index contributed by atoms with van der Waals surface area (Å²) in [7, 11) is -2.57. The standard InChI is InChI=1S/C18H18Cl2N2O5S/c1-11(22(28(3,25)26)14-6-4-5-13(19)10-14)17(23)21-16-9-12(18(24)27-2)7-8-15(16)20/h4-11H,1-3H3,(H,21,23)/t11-/m0/s1. The molecular weight excluding hydrogens is 427 g/mol. The summed E-state index contributed by atoms with van der Waals surface area (Å²) in [6, 6.07) is 9.25. The van der Waals surface area contributed by atoms with Crippen molar-refractivity contribution in [3.63, 3.8) is 0 Å². The Balaban J connectivity index is 2.35. The van der Waals surface area contributed by atoms with Gasteiger partial charge >= 0.3 is 5.97 Å². The van der Waals surface area contributed by atoms with Crippen molar-refractivity contribution in [2.24, 2.45) is 0 Å². The summed E-state index contributed by atoms with van der Waals surface area (Å²) in [6.07, 6.45) is 0.989. The molecule has 0 aliphatic heterocycles. The molecule has 0 heterocycles. The molecule has 0 aliphatic rings. The number of methoxy groups -OCH3 is 1. The number of hydrogen-bond acceptors (Lipinski definition) is 5. The molecule has 7 nitrogen and oxygen atoms in total. The van der Waals surface area contributed by atoms with Crippen molar-refractivity contribution < 1.29 is 22.7 Å². The summed E-state index contributed by atoms with van der Waals surface area (Å²) in [5.74, 6) is -1.24. The van der Waals surface area contributed by atoms with Crippen LogP contribution in [0, 0.1) is 0 Å². The van der Waals surface area contributed by atoms with Crippen molar-refractivity contribution in [1.82, 2.24) is 0 Å². The predicted molar refractivity (Wildman–Crippen MR) is 110 cm³/mol. The average Bonchev–Trinajstić information content (AvgIpc) is 2.61. The molecule has 0 saturated heterocycles. The molecule has 150 valence electrons. The van der Waals surface area contributed by atoms with E-state index >= 15 is 0 Å². The highest BCUT2D eigenvalue weighted by Crippen LogP contribution is 2.27. The largest absolute Gasteiger partial charge is 0.465 e. The molecule has 0 fully saturated rings. The molecule has 1 atom stereocenters. The van der Waals surface area contributed by atoms with E-state index in [0.29, 0.717) is 5.02 Å². The van der Waals surface area contributed by atoms with Crippen molar-refractivity contribution in [3.05, 3.63) is 58.1 Å². The van der Waals surface area contributed by atoms with Gasteiger partial charge in [-0.25, -0.2) is 13.2 Å². The number of nitrogens with one attached hydrogen (secondary N) is 1. The minimum atomic E-state index is -3.80. The summed E-state index contributed by atoms with van der Waals surface area (Å²) in [5.41, 5.74) is 0.581. The molecule has 0 aromatic heterocycles. The highest BCUT2D eigenvalue weighted by atomic mass is 35.5. The molecule has 0 aliphatic carbocycles. The smallest absolute Gasteiger partial charge is 0.337 e. The number of benzene rings is 2. The third-order valence-electron chi connectivity index (χ3n) is 3.80. The predicted octanol–water partition coefficient (Wildman–Crippen LogP) is 3.57. The Morgan fingerprint density at radius 1 is 1.14 bits per heavy atom. The van der Waals surface area contributed by atoms with Gasteiger partial charge in [0, 0.05) is 5.02 Å². The second-order valence-corrected chi connectivity index (χ2v) is 8.59. The van der Waals surface area contributed by atoms with Crippen LogP contribution in [0.1, 0.15) is 17.3 Å². The van der Waals surface area contributed by atoms with Crippen LogP contribution in [0.2, 0.25) is 10.0 Å². The molecular formula is C18H18Cl2N2O5S. The van der Waals surface area contributed by atoms with Crippen molar-refractivity contribution >= 4 is 56.5 Å². The van der Waals surface area contributed by atoms with E-state index in [1.807, 2.05) is 0 Å². The van der Waals surface area contributed by atoms with Crippen LogP contribution in [0.25, 0.3) is 0 Å². The summed E-state index contributed by atoms with van der Waals surface area (Å²) < 4.78 is 30.2. The van der Waals surface area contributed by atoms with Gasteiger partial charge in [-0.15, -0.1) is 0 Å². The van der Waals surface area contributed by atoms with Gasteiger partial charge in [0.1, 0.15) is 6.04 Å². The Morgan fingerprint density at radius 2 is 1.82 bits per heavy atom. The Bertz CT molecular complexity index is 1010. The fraction of sp³-hybridized carbons (Fsp3) is 0.222. The van der Waals surface area contributed by atoms with Crippen molar-refractivity contribution in [3.8, 4) is 0 Å². The van der Waals surface area contributed by atoms with E-state index in [9.17, 15) is 18.0 Å². The summed E-state index contributed by atoms with van der Waals surface area (Å²) in [4.78, 5) is 24.4. The van der Waals surface area contributed by atoms with Crippen molar-refractivity contribution in [1.29, 1.82) is 0 Å². The number of anilines is 2. The third kappa shape index (κ3) is 5.15. The first-order chi connectivity index (χ1) is 13.0. The third-order valence-corrected chi connectivity index (χ3v) is 5.60. The lowest BCUT2D eigenvalue weighted by Crippen LogP contribution is -2.45. The van der Waals surface area contributed by atoms with Crippen LogP contribution in [0.15, 0.2) is 42.5 Å². The molecule has 0 saturated carbocycles. The summed E-state index contributed by atoms with van der Waals surface area (Å²) >= 11 is 12.0. The van der Waals surface area contributed by atoms with Gasteiger partial charge in [0.2, 0.25) is 15.9 Å². The molecule has 28 heavy (non-hydrogen) atoms. The second-order valence-electron chi connectivity index (χ2n) is 5.89. The SMILES string of the molecule is COC(=O)c1ccc(Cl)c(NC(=O)[C@H](C)N(c2cccc(Cl)c2)S(C)(=O)=O)c1. The van der Waals surface area contributed by atoms with Gasteiger partial charge in [-0.1, -0.05) is 29.3 Å². The molecule has 0 bridgehead atoms. The average molecular weight is 445 g/mol. The number of amides is 1. The molecule has 2 rings (SSSR count). The molecule has 0 unspecified atom stereocenters. The van der Waals surface area contributed by atoms with Crippen molar-refractivity contribution in [2.45, 2.75) is 13.0 Å². The van der Waals surface area contributed by atoms with Gasteiger partial charge < -0.3 is 10.1 Å². The Hall–Kier alpha value is -2.29.